The first-order valence-corrected chi connectivity index (χ1v) is 8.81. The second kappa shape index (κ2) is 7.93. The zero-order valence-corrected chi connectivity index (χ0v) is 15.1. The molecule has 1 saturated carbocycles. The summed E-state index contributed by atoms with van der Waals surface area (Å²) in [5.74, 6) is 0. The SMILES string of the molecule is C=NN(C1=C(CC)CC2(CC)C(=C1)CCC2O)/C(C)=C/C=C\CF. The van der Waals surface area contributed by atoms with Gasteiger partial charge >= 0.3 is 0 Å². The Kier molecular flexibility index (Phi) is 6.16. The number of hydrazone groups is 1. The third-order valence-corrected chi connectivity index (χ3v) is 5.49. The van der Waals surface area contributed by atoms with Crippen molar-refractivity contribution in [3.05, 3.63) is 46.8 Å². The van der Waals surface area contributed by atoms with Gasteiger partial charge in [0.25, 0.3) is 0 Å². The number of aliphatic hydroxyl groups excluding tert-OH is 1. The largest absolute Gasteiger partial charge is 0.392 e. The van der Waals surface area contributed by atoms with Crippen LogP contribution in [0.25, 0.3) is 0 Å². The monoisotopic (exact) mass is 332 g/mol. The summed E-state index contributed by atoms with van der Waals surface area (Å²) in [6.45, 7) is 9.49. The third kappa shape index (κ3) is 3.25. The van der Waals surface area contributed by atoms with E-state index in [0.717, 1.165) is 43.5 Å². The van der Waals surface area contributed by atoms with E-state index in [-0.39, 0.29) is 11.5 Å². The van der Waals surface area contributed by atoms with Gasteiger partial charge in [-0.05, 0) is 56.8 Å². The molecule has 2 rings (SSSR count). The van der Waals surface area contributed by atoms with Gasteiger partial charge in [-0.25, -0.2) is 9.40 Å². The maximum Gasteiger partial charge on any atom is 0.108 e. The van der Waals surface area contributed by atoms with Crippen molar-refractivity contribution >= 4 is 6.72 Å². The van der Waals surface area contributed by atoms with Crippen LogP contribution in [0.5, 0.6) is 0 Å². The van der Waals surface area contributed by atoms with Crippen LogP contribution in [0.2, 0.25) is 0 Å². The fourth-order valence-corrected chi connectivity index (χ4v) is 4.03. The predicted octanol–water partition coefficient (Wildman–Crippen LogP) is 4.88. The van der Waals surface area contributed by atoms with Crippen molar-refractivity contribution in [3.63, 3.8) is 0 Å². The van der Waals surface area contributed by atoms with Crippen LogP contribution in [-0.2, 0) is 0 Å². The van der Waals surface area contributed by atoms with Gasteiger partial charge in [0.2, 0.25) is 0 Å². The molecule has 0 aromatic carbocycles. The smallest absolute Gasteiger partial charge is 0.108 e. The van der Waals surface area contributed by atoms with Crippen LogP contribution in [-0.4, -0.2) is 29.6 Å². The number of nitrogens with zero attached hydrogens (tertiary/aromatic N) is 2. The number of hydrogen-bond donors (Lipinski definition) is 1. The maximum atomic E-state index is 12.3. The average molecular weight is 332 g/mol. The molecule has 0 aromatic heterocycles. The summed E-state index contributed by atoms with van der Waals surface area (Å²) in [6.07, 6.45) is 11.5. The highest BCUT2D eigenvalue weighted by Gasteiger charge is 2.47. The van der Waals surface area contributed by atoms with Crippen molar-refractivity contribution < 1.29 is 9.50 Å². The first-order chi connectivity index (χ1) is 11.5. The summed E-state index contributed by atoms with van der Waals surface area (Å²) in [6, 6.07) is 0. The van der Waals surface area contributed by atoms with E-state index in [2.05, 4.69) is 31.7 Å². The fourth-order valence-electron chi connectivity index (χ4n) is 4.03. The van der Waals surface area contributed by atoms with Crippen molar-refractivity contribution in [1.29, 1.82) is 0 Å². The van der Waals surface area contributed by atoms with Gasteiger partial charge in [0.05, 0.1) is 11.8 Å². The van der Waals surface area contributed by atoms with Gasteiger partial charge in [-0.15, -0.1) is 0 Å². The highest BCUT2D eigenvalue weighted by molar-refractivity contribution is 5.43. The number of rotatable bonds is 7. The highest BCUT2D eigenvalue weighted by Crippen LogP contribution is 2.54. The molecule has 2 atom stereocenters. The second-order valence-electron chi connectivity index (χ2n) is 6.60. The second-order valence-corrected chi connectivity index (χ2v) is 6.60. The first-order valence-electron chi connectivity index (χ1n) is 8.81. The van der Waals surface area contributed by atoms with Gasteiger partial charge in [-0.3, -0.25) is 0 Å². The van der Waals surface area contributed by atoms with Crippen LogP contribution in [0.3, 0.4) is 0 Å². The van der Waals surface area contributed by atoms with E-state index in [1.54, 1.807) is 6.08 Å². The minimum atomic E-state index is -0.477. The lowest BCUT2D eigenvalue weighted by atomic mass is 9.69. The van der Waals surface area contributed by atoms with Gasteiger partial charge in [0, 0.05) is 17.8 Å². The molecule has 2 aliphatic carbocycles. The van der Waals surface area contributed by atoms with Crippen molar-refractivity contribution in [2.75, 3.05) is 6.67 Å². The third-order valence-electron chi connectivity index (χ3n) is 5.49. The van der Waals surface area contributed by atoms with Crippen LogP contribution in [0.1, 0.15) is 52.9 Å². The van der Waals surface area contributed by atoms with Crippen LogP contribution in [0, 0.1) is 5.41 Å². The summed E-state index contributed by atoms with van der Waals surface area (Å²) >= 11 is 0. The Hall–Kier alpha value is -1.68. The molecule has 0 radical (unpaired) electrons. The molecule has 0 heterocycles. The average Bonchev–Trinajstić information content (AvgIpc) is 2.91. The zero-order chi connectivity index (χ0) is 17.7. The number of aliphatic hydroxyl groups is 1. The van der Waals surface area contributed by atoms with Crippen LogP contribution in [0.15, 0.2) is 51.9 Å². The Balaban J connectivity index is 2.42. The van der Waals surface area contributed by atoms with Crippen molar-refractivity contribution in [1.82, 2.24) is 5.01 Å². The minimum Gasteiger partial charge on any atom is -0.392 e. The number of hydrogen-bond acceptors (Lipinski definition) is 3. The molecule has 0 saturated heterocycles. The Bertz CT molecular complexity index is 603. The van der Waals surface area contributed by atoms with Crippen molar-refractivity contribution in [2.45, 2.75) is 59.0 Å². The molecule has 0 aliphatic heterocycles. The molecular formula is C20H29FN2O. The molecule has 4 heteroatoms. The number of alkyl halides is 1. The van der Waals surface area contributed by atoms with Gasteiger partial charge in [-0.1, -0.05) is 31.6 Å². The topological polar surface area (TPSA) is 35.8 Å². The summed E-state index contributed by atoms with van der Waals surface area (Å²) in [4.78, 5) is 0. The van der Waals surface area contributed by atoms with E-state index in [0.29, 0.717) is 0 Å². The van der Waals surface area contributed by atoms with Crippen LogP contribution >= 0.6 is 0 Å². The normalized spacial score (nSPS) is 27.5. The van der Waals surface area contributed by atoms with Gasteiger partial charge < -0.3 is 5.11 Å². The molecule has 2 unspecified atom stereocenters. The van der Waals surface area contributed by atoms with Crippen molar-refractivity contribution in [2.24, 2.45) is 10.5 Å². The Morgan fingerprint density at radius 2 is 2.29 bits per heavy atom. The predicted molar refractivity (Wildman–Crippen MR) is 98.2 cm³/mol. The molecule has 0 aromatic rings. The lowest BCUT2D eigenvalue weighted by molar-refractivity contribution is 0.0665. The van der Waals surface area contributed by atoms with E-state index in [4.69, 9.17) is 0 Å². The molecular weight excluding hydrogens is 303 g/mol. The summed E-state index contributed by atoms with van der Waals surface area (Å²) in [7, 11) is 0. The molecule has 0 amide bonds. The quantitative estimate of drug-likeness (QED) is 0.410. The summed E-state index contributed by atoms with van der Waals surface area (Å²) < 4.78 is 12.3. The zero-order valence-electron chi connectivity index (χ0n) is 15.1. The molecule has 0 spiro atoms. The molecule has 1 N–H and O–H groups in total. The maximum absolute atomic E-state index is 12.3. The molecule has 3 nitrogen and oxygen atoms in total. The Labute approximate surface area is 144 Å². The minimum absolute atomic E-state index is 0.104. The van der Waals surface area contributed by atoms with Crippen molar-refractivity contribution in [3.8, 4) is 0 Å². The Morgan fingerprint density at radius 1 is 1.54 bits per heavy atom. The van der Waals surface area contributed by atoms with Gasteiger partial charge in [0.15, 0.2) is 0 Å². The van der Waals surface area contributed by atoms with Crippen LogP contribution in [0.4, 0.5) is 4.39 Å². The number of halogens is 1. The molecule has 24 heavy (non-hydrogen) atoms. The lowest BCUT2D eigenvalue weighted by Gasteiger charge is -2.39. The highest BCUT2D eigenvalue weighted by atomic mass is 19.1. The molecule has 0 bridgehead atoms. The van der Waals surface area contributed by atoms with Gasteiger partial charge in [-0.2, -0.15) is 5.10 Å². The van der Waals surface area contributed by atoms with E-state index in [1.165, 1.54) is 17.2 Å². The molecule has 1 fully saturated rings. The van der Waals surface area contributed by atoms with Gasteiger partial charge in [0.1, 0.15) is 6.67 Å². The molecule has 2 aliphatic rings. The fraction of sp³-hybridized carbons (Fsp3) is 0.550. The lowest BCUT2D eigenvalue weighted by Crippen LogP contribution is -2.34. The standard InChI is InChI=1S/C20H29FN2O/c1-5-16-14-20(6-2)17(10-11-19(20)24)13-18(16)23(22-4)15(3)9-7-8-12-21/h7-9,13,19,24H,4-6,10-12,14H2,1-3H3/b8-7-,15-9+. The van der Waals surface area contributed by atoms with E-state index in [9.17, 15) is 9.50 Å². The molecule has 132 valence electrons. The van der Waals surface area contributed by atoms with E-state index >= 15 is 0 Å². The summed E-state index contributed by atoms with van der Waals surface area (Å²) in [5, 5.41) is 16.6. The number of fused-ring (bicyclic) bond motifs is 1. The van der Waals surface area contributed by atoms with E-state index in [1.807, 2.05) is 18.0 Å². The Morgan fingerprint density at radius 3 is 2.88 bits per heavy atom. The first kappa shape index (κ1) is 18.7. The van der Waals surface area contributed by atoms with E-state index < -0.39 is 6.67 Å². The number of allylic oxidation sites excluding steroid dienone is 6. The van der Waals surface area contributed by atoms with Crippen LogP contribution < -0.4 is 0 Å². The summed E-state index contributed by atoms with van der Waals surface area (Å²) in [5.41, 5.74) is 4.47.